The summed E-state index contributed by atoms with van der Waals surface area (Å²) in [7, 11) is 0. The lowest BCUT2D eigenvalue weighted by Crippen LogP contribution is -2.14. The Kier molecular flexibility index (Phi) is 4.66. The van der Waals surface area contributed by atoms with Crippen molar-refractivity contribution in [2.45, 2.75) is 9.79 Å². The SMILES string of the molecule is NC(=NO)c1c(Cl)cccc1Sc1ccc([N+](=O)[O-])cc1. The highest BCUT2D eigenvalue weighted by Crippen LogP contribution is 2.34. The van der Waals surface area contributed by atoms with E-state index in [0.29, 0.717) is 15.5 Å². The Morgan fingerprint density at radius 3 is 2.52 bits per heavy atom. The lowest BCUT2D eigenvalue weighted by molar-refractivity contribution is -0.384. The number of rotatable bonds is 4. The monoisotopic (exact) mass is 323 g/mol. The van der Waals surface area contributed by atoms with Crippen molar-refractivity contribution in [2.75, 3.05) is 0 Å². The summed E-state index contributed by atoms with van der Waals surface area (Å²) in [6.07, 6.45) is 0. The molecule has 0 aliphatic carbocycles. The Hall–Kier alpha value is -2.25. The van der Waals surface area contributed by atoms with E-state index in [2.05, 4.69) is 5.16 Å². The topological polar surface area (TPSA) is 102 Å². The van der Waals surface area contributed by atoms with Gasteiger partial charge in [-0.25, -0.2) is 0 Å². The second-order valence-electron chi connectivity index (χ2n) is 3.95. The van der Waals surface area contributed by atoms with Gasteiger partial charge in [-0.2, -0.15) is 0 Å². The minimum Gasteiger partial charge on any atom is -0.409 e. The molecular weight excluding hydrogens is 314 g/mol. The Bertz CT molecular complexity index is 704. The summed E-state index contributed by atoms with van der Waals surface area (Å²) >= 11 is 7.37. The standard InChI is InChI=1S/C13H10ClN3O3S/c14-10-2-1-3-11(12(10)13(15)16-18)21-9-6-4-8(5-7-9)17(19)20/h1-7,18H,(H2,15,16). The van der Waals surface area contributed by atoms with Crippen molar-refractivity contribution in [3.63, 3.8) is 0 Å². The first kappa shape index (κ1) is 15.1. The molecule has 0 saturated carbocycles. The van der Waals surface area contributed by atoms with Gasteiger partial charge in [-0.05, 0) is 24.3 Å². The molecule has 21 heavy (non-hydrogen) atoms. The van der Waals surface area contributed by atoms with Crippen LogP contribution >= 0.6 is 23.4 Å². The predicted molar refractivity (Wildman–Crippen MR) is 81.2 cm³/mol. The van der Waals surface area contributed by atoms with Crippen molar-refractivity contribution in [2.24, 2.45) is 10.9 Å². The molecule has 0 fully saturated rings. The van der Waals surface area contributed by atoms with E-state index in [1.807, 2.05) is 0 Å². The van der Waals surface area contributed by atoms with Crippen LogP contribution in [-0.4, -0.2) is 16.0 Å². The van der Waals surface area contributed by atoms with Gasteiger partial charge in [0.2, 0.25) is 0 Å². The van der Waals surface area contributed by atoms with E-state index >= 15 is 0 Å². The molecule has 0 radical (unpaired) electrons. The fourth-order valence-corrected chi connectivity index (χ4v) is 2.97. The highest BCUT2D eigenvalue weighted by atomic mass is 35.5. The van der Waals surface area contributed by atoms with E-state index in [1.54, 1.807) is 30.3 Å². The third-order valence-electron chi connectivity index (χ3n) is 2.61. The summed E-state index contributed by atoms with van der Waals surface area (Å²) in [6.45, 7) is 0. The minimum absolute atomic E-state index is 0.0158. The van der Waals surface area contributed by atoms with E-state index in [1.165, 1.54) is 23.9 Å². The van der Waals surface area contributed by atoms with Crippen LogP contribution in [0.2, 0.25) is 5.02 Å². The van der Waals surface area contributed by atoms with E-state index < -0.39 is 4.92 Å². The maximum atomic E-state index is 10.6. The second-order valence-corrected chi connectivity index (χ2v) is 5.47. The number of nitro groups is 1. The van der Waals surface area contributed by atoms with E-state index in [4.69, 9.17) is 22.5 Å². The number of nitrogens with zero attached hydrogens (tertiary/aromatic N) is 2. The molecule has 2 rings (SSSR count). The van der Waals surface area contributed by atoms with Gasteiger partial charge in [0.05, 0.1) is 15.5 Å². The van der Waals surface area contributed by atoms with Crippen LogP contribution in [0.25, 0.3) is 0 Å². The van der Waals surface area contributed by atoms with Crippen molar-refractivity contribution < 1.29 is 10.1 Å². The maximum absolute atomic E-state index is 10.6. The number of benzene rings is 2. The lowest BCUT2D eigenvalue weighted by Gasteiger charge is -2.09. The van der Waals surface area contributed by atoms with Gasteiger partial charge in [0, 0.05) is 21.9 Å². The van der Waals surface area contributed by atoms with E-state index in [9.17, 15) is 10.1 Å². The molecule has 0 saturated heterocycles. The number of nitro benzene ring substituents is 1. The minimum atomic E-state index is -0.463. The Morgan fingerprint density at radius 2 is 1.95 bits per heavy atom. The quantitative estimate of drug-likeness (QED) is 0.295. The molecule has 0 aliphatic rings. The maximum Gasteiger partial charge on any atom is 0.269 e. The highest BCUT2D eigenvalue weighted by Gasteiger charge is 2.13. The molecule has 3 N–H and O–H groups in total. The van der Waals surface area contributed by atoms with Crippen LogP contribution in [0.4, 0.5) is 5.69 Å². The number of halogens is 1. The fourth-order valence-electron chi connectivity index (χ4n) is 1.65. The van der Waals surface area contributed by atoms with Gasteiger partial charge in [0.1, 0.15) is 0 Å². The average molecular weight is 324 g/mol. The molecule has 2 aromatic carbocycles. The lowest BCUT2D eigenvalue weighted by atomic mass is 10.2. The first-order valence-electron chi connectivity index (χ1n) is 5.71. The molecule has 0 aromatic heterocycles. The molecule has 8 heteroatoms. The number of non-ortho nitro benzene ring substituents is 1. The summed E-state index contributed by atoms with van der Waals surface area (Å²) in [5, 5.41) is 22.8. The van der Waals surface area contributed by atoms with Gasteiger partial charge < -0.3 is 10.9 Å². The van der Waals surface area contributed by atoms with Crippen molar-refractivity contribution >= 4 is 34.9 Å². The molecule has 108 valence electrons. The highest BCUT2D eigenvalue weighted by molar-refractivity contribution is 7.99. The average Bonchev–Trinajstić information content (AvgIpc) is 2.47. The first-order valence-corrected chi connectivity index (χ1v) is 6.91. The van der Waals surface area contributed by atoms with Gasteiger partial charge >= 0.3 is 0 Å². The van der Waals surface area contributed by atoms with Crippen LogP contribution in [0.3, 0.4) is 0 Å². The van der Waals surface area contributed by atoms with Crippen LogP contribution in [0.15, 0.2) is 57.4 Å². The van der Waals surface area contributed by atoms with E-state index in [-0.39, 0.29) is 11.5 Å². The van der Waals surface area contributed by atoms with Crippen molar-refractivity contribution in [1.82, 2.24) is 0 Å². The smallest absolute Gasteiger partial charge is 0.269 e. The molecule has 0 amide bonds. The zero-order valence-corrected chi connectivity index (χ0v) is 12.1. The summed E-state index contributed by atoms with van der Waals surface area (Å²) in [4.78, 5) is 11.6. The van der Waals surface area contributed by atoms with Gasteiger partial charge in [-0.15, -0.1) is 0 Å². The second kappa shape index (κ2) is 6.47. The molecule has 0 atom stereocenters. The normalized spacial score (nSPS) is 11.4. The summed E-state index contributed by atoms with van der Waals surface area (Å²) in [5.41, 5.74) is 6.06. The van der Waals surface area contributed by atoms with Crippen LogP contribution < -0.4 is 5.73 Å². The molecule has 6 nitrogen and oxygen atoms in total. The number of hydrogen-bond acceptors (Lipinski definition) is 5. The Morgan fingerprint density at radius 1 is 1.29 bits per heavy atom. The first-order chi connectivity index (χ1) is 10.0. The molecule has 2 aromatic rings. The fraction of sp³-hybridized carbons (Fsp3) is 0. The molecule has 0 aliphatic heterocycles. The molecular formula is C13H10ClN3O3S. The molecule has 0 bridgehead atoms. The number of nitrogens with two attached hydrogens (primary N) is 1. The van der Waals surface area contributed by atoms with Gasteiger partial charge in [0.15, 0.2) is 5.84 Å². The zero-order valence-electron chi connectivity index (χ0n) is 10.6. The summed E-state index contributed by atoms with van der Waals surface area (Å²) in [5.74, 6) is -0.0926. The van der Waals surface area contributed by atoms with Gasteiger partial charge in [-0.3, -0.25) is 10.1 Å². The summed E-state index contributed by atoms with van der Waals surface area (Å²) < 4.78 is 0. The van der Waals surface area contributed by atoms with Crippen LogP contribution in [0, 0.1) is 10.1 Å². The third kappa shape index (κ3) is 3.45. The molecule has 0 heterocycles. The van der Waals surface area contributed by atoms with Crippen molar-refractivity contribution in [3.8, 4) is 0 Å². The predicted octanol–water partition coefficient (Wildman–Crippen LogP) is 3.49. The summed E-state index contributed by atoms with van der Waals surface area (Å²) in [6, 6.07) is 11.2. The van der Waals surface area contributed by atoms with Crippen LogP contribution in [-0.2, 0) is 0 Å². The third-order valence-corrected chi connectivity index (χ3v) is 4.00. The largest absolute Gasteiger partial charge is 0.409 e. The molecule has 0 spiro atoms. The van der Waals surface area contributed by atoms with Crippen molar-refractivity contribution in [1.29, 1.82) is 0 Å². The van der Waals surface area contributed by atoms with Crippen LogP contribution in [0.5, 0.6) is 0 Å². The van der Waals surface area contributed by atoms with Gasteiger partial charge in [-0.1, -0.05) is 34.6 Å². The van der Waals surface area contributed by atoms with E-state index in [0.717, 1.165) is 4.90 Å². The van der Waals surface area contributed by atoms with Crippen LogP contribution in [0.1, 0.15) is 5.56 Å². The Labute approximate surface area is 129 Å². The van der Waals surface area contributed by atoms with Crippen molar-refractivity contribution in [3.05, 3.63) is 63.2 Å². The van der Waals surface area contributed by atoms with Gasteiger partial charge in [0.25, 0.3) is 5.69 Å². The number of amidine groups is 1. The zero-order chi connectivity index (χ0) is 15.4. The molecule has 0 unspecified atom stereocenters. The Balaban J connectivity index is 2.35. The number of oxime groups is 1. The number of hydrogen-bond donors (Lipinski definition) is 2.